The largest absolute Gasteiger partial charge is 0.457 e. The van der Waals surface area contributed by atoms with E-state index in [1.54, 1.807) is 41.4 Å². The number of alkyl halides is 3. The first-order valence-corrected chi connectivity index (χ1v) is 7.41. The lowest BCUT2D eigenvalue weighted by atomic mass is 10.2. The Morgan fingerprint density at radius 2 is 1.80 bits per heavy atom. The lowest BCUT2D eigenvalue weighted by molar-refractivity contribution is -0.141. The number of furan rings is 1. The molecule has 2 heterocycles. The van der Waals surface area contributed by atoms with E-state index in [4.69, 9.17) is 16.0 Å². The molecule has 0 atom stereocenters. The Hall–Kier alpha value is -2.80. The number of rotatable bonds is 3. The third kappa shape index (κ3) is 4.19. The number of halogens is 4. The van der Waals surface area contributed by atoms with Gasteiger partial charge in [-0.25, -0.2) is 4.79 Å². The third-order valence-electron chi connectivity index (χ3n) is 3.24. The summed E-state index contributed by atoms with van der Waals surface area (Å²) in [6.07, 6.45) is -1.95. The van der Waals surface area contributed by atoms with Gasteiger partial charge >= 0.3 is 11.9 Å². The fourth-order valence-electron chi connectivity index (χ4n) is 2.09. The standard InChI is InChI=1S/C17H10ClF3N2O2/c18-11-3-1-10(2-4-11)14-8-7-13(25-14)6-5-12-9-15(17(19,20)21)23-16(24)22-12/h1-9H,(H,22,23,24)/b6-5+. The molecule has 1 N–H and O–H groups in total. The average molecular weight is 367 g/mol. The minimum Gasteiger partial charge on any atom is -0.457 e. The van der Waals surface area contributed by atoms with Gasteiger partial charge in [0.1, 0.15) is 17.2 Å². The zero-order valence-corrected chi connectivity index (χ0v) is 13.2. The zero-order valence-electron chi connectivity index (χ0n) is 12.5. The summed E-state index contributed by atoms with van der Waals surface area (Å²) in [5.41, 5.74) is -1.55. The molecule has 0 saturated carbocycles. The van der Waals surface area contributed by atoms with Crippen molar-refractivity contribution in [1.29, 1.82) is 0 Å². The van der Waals surface area contributed by atoms with E-state index in [2.05, 4.69) is 4.98 Å². The van der Waals surface area contributed by atoms with Gasteiger partial charge < -0.3 is 9.40 Å². The average Bonchev–Trinajstić information content (AvgIpc) is 3.01. The van der Waals surface area contributed by atoms with Gasteiger partial charge in [-0.15, -0.1) is 0 Å². The number of nitrogens with zero attached hydrogens (tertiary/aromatic N) is 1. The lowest BCUT2D eigenvalue weighted by Crippen LogP contribution is -2.19. The number of aromatic nitrogens is 2. The number of nitrogens with one attached hydrogen (secondary N) is 1. The summed E-state index contributed by atoms with van der Waals surface area (Å²) in [6, 6.07) is 11.1. The first-order chi connectivity index (χ1) is 11.8. The van der Waals surface area contributed by atoms with Crippen LogP contribution in [0.2, 0.25) is 5.02 Å². The number of hydrogen-bond donors (Lipinski definition) is 1. The van der Waals surface area contributed by atoms with Crippen LogP contribution in [0.3, 0.4) is 0 Å². The first-order valence-electron chi connectivity index (χ1n) is 7.04. The molecule has 0 spiro atoms. The van der Waals surface area contributed by atoms with Gasteiger partial charge in [0.25, 0.3) is 0 Å². The maximum absolute atomic E-state index is 12.7. The maximum atomic E-state index is 12.7. The van der Waals surface area contributed by atoms with Crippen molar-refractivity contribution in [2.24, 2.45) is 0 Å². The molecule has 2 aromatic heterocycles. The number of aromatic amines is 1. The molecular weight excluding hydrogens is 357 g/mol. The van der Waals surface area contributed by atoms with Crippen LogP contribution < -0.4 is 5.69 Å². The molecule has 0 aliphatic rings. The van der Waals surface area contributed by atoms with Gasteiger partial charge in [-0.05, 0) is 54.6 Å². The van der Waals surface area contributed by atoms with Crippen molar-refractivity contribution in [3.8, 4) is 11.3 Å². The molecule has 0 aliphatic heterocycles. The summed E-state index contributed by atoms with van der Waals surface area (Å²) in [4.78, 5) is 16.4. The lowest BCUT2D eigenvalue weighted by Gasteiger charge is -2.05. The fourth-order valence-corrected chi connectivity index (χ4v) is 2.22. The van der Waals surface area contributed by atoms with Crippen molar-refractivity contribution in [3.63, 3.8) is 0 Å². The van der Waals surface area contributed by atoms with Crippen molar-refractivity contribution >= 4 is 23.8 Å². The van der Waals surface area contributed by atoms with E-state index < -0.39 is 17.6 Å². The van der Waals surface area contributed by atoms with Gasteiger partial charge in [-0.3, -0.25) is 0 Å². The van der Waals surface area contributed by atoms with Gasteiger partial charge in [0, 0.05) is 10.6 Å². The quantitative estimate of drug-likeness (QED) is 0.719. The van der Waals surface area contributed by atoms with Gasteiger partial charge in [0.05, 0.1) is 5.69 Å². The molecule has 0 amide bonds. The second kappa shape index (κ2) is 6.60. The highest BCUT2D eigenvalue weighted by Crippen LogP contribution is 2.27. The third-order valence-corrected chi connectivity index (χ3v) is 3.50. The molecular formula is C17H10ClF3N2O2. The minimum atomic E-state index is -4.66. The van der Waals surface area contributed by atoms with Crippen LogP contribution in [0.5, 0.6) is 0 Å². The summed E-state index contributed by atoms with van der Waals surface area (Å²) in [7, 11) is 0. The molecule has 25 heavy (non-hydrogen) atoms. The summed E-state index contributed by atoms with van der Waals surface area (Å²) < 4.78 is 43.6. The van der Waals surface area contributed by atoms with E-state index in [1.807, 2.05) is 0 Å². The Morgan fingerprint density at radius 1 is 1.08 bits per heavy atom. The number of hydrogen-bond acceptors (Lipinski definition) is 3. The van der Waals surface area contributed by atoms with Crippen LogP contribution in [0.1, 0.15) is 17.1 Å². The molecule has 8 heteroatoms. The molecule has 1 aromatic carbocycles. The van der Waals surface area contributed by atoms with Crippen LogP contribution in [-0.2, 0) is 6.18 Å². The van der Waals surface area contributed by atoms with E-state index in [9.17, 15) is 18.0 Å². The van der Waals surface area contributed by atoms with Crippen LogP contribution in [0.15, 0.2) is 51.7 Å². The molecule has 0 bridgehead atoms. The van der Waals surface area contributed by atoms with Gasteiger partial charge in [-0.1, -0.05) is 11.6 Å². The van der Waals surface area contributed by atoms with Gasteiger partial charge in [0.2, 0.25) is 0 Å². The smallest absolute Gasteiger partial charge is 0.431 e. The molecule has 3 rings (SSSR count). The Bertz CT molecular complexity index is 973. The normalized spacial score (nSPS) is 12.0. The molecule has 128 valence electrons. The highest BCUT2D eigenvalue weighted by Gasteiger charge is 2.32. The topological polar surface area (TPSA) is 58.9 Å². The summed E-state index contributed by atoms with van der Waals surface area (Å²) in [5, 5.41) is 0.594. The van der Waals surface area contributed by atoms with Crippen molar-refractivity contribution in [2.75, 3.05) is 0 Å². The van der Waals surface area contributed by atoms with Crippen molar-refractivity contribution in [2.45, 2.75) is 6.18 Å². The Kier molecular flexibility index (Phi) is 4.50. The molecule has 0 radical (unpaired) electrons. The summed E-state index contributed by atoms with van der Waals surface area (Å²) >= 11 is 5.82. The second-order valence-electron chi connectivity index (χ2n) is 5.06. The Labute approximate surface area is 144 Å². The Balaban J connectivity index is 1.85. The minimum absolute atomic E-state index is 0.125. The predicted molar refractivity (Wildman–Crippen MR) is 87.9 cm³/mol. The van der Waals surface area contributed by atoms with E-state index in [0.717, 1.165) is 11.6 Å². The molecule has 0 aliphatic carbocycles. The monoisotopic (exact) mass is 366 g/mol. The number of benzene rings is 1. The van der Waals surface area contributed by atoms with E-state index in [1.165, 1.54) is 12.2 Å². The van der Waals surface area contributed by atoms with E-state index in [0.29, 0.717) is 16.5 Å². The van der Waals surface area contributed by atoms with E-state index >= 15 is 0 Å². The van der Waals surface area contributed by atoms with Gasteiger partial charge in [0.15, 0.2) is 0 Å². The van der Waals surface area contributed by atoms with Crippen LogP contribution in [0, 0.1) is 0 Å². The maximum Gasteiger partial charge on any atom is 0.431 e. The van der Waals surface area contributed by atoms with Crippen molar-refractivity contribution in [1.82, 2.24) is 9.97 Å². The molecule has 0 saturated heterocycles. The highest BCUT2D eigenvalue weighted by atomic mass is 35.5. The van der Waals surface area contributed by atoms with Crippen LogP contribution in [0.25, 0.3) is 23.5 Å². The molecule has 4 nitrogen and oxygen atoms in total. The second-order valence-corrected chi connectivity index (χ2v) is 5.50. The van der Waals surface area contributed by atoms with Crippen LogP contribution >= 0.6 is 11.6 Å². The van der Waals surface area contributed by atoms with Crippen molar-refractivity contribution in [3.05, 3.63) is 75.1 Å². The van der Waals surface area contributed by atoms with Crippen LogP contribution in [-0.4, -0.2) is 9.97 Å². The van der Waals surface area contributed by atoms with Crippen molar-refractivity contribution < 1.29 is 17.6 Å². The van der Waals surface area contributed by atoms with E-state index in [-0.39, 0.29) is 5.69 Å². The first kappa shape index (κ1) is 17.0. The summed E-state index contributed by atoms with van der Waals surface area (Å²) in [6.45, 7) is 0. The summed E-state index contributed by atoms with van der Waals surface area (Å²) in [5.74, 6) is 0.978. The molecule has 3 aromatic rings. The van der Waals surface area contributed by atoms with Gasteiger partial charge in [-0.2, -0.15) is 18.2 Å². The molecule has 0 unspecified atom stereocenters. The highest BCUT2D eigenvalue weighted by molar-refractivity contribution is 6.30. The fraction of sp³-hybridized carbons (Fsp3) is 0.0588. The van der Waals surface area contributed by atoms with Crippen LogP contribution in [0.4, 0.5) is 13.2 Å². The Morgan fingerprint density at radius 3 is 2.48 bits per heavy atom. The predicted octanol–water partition coefficient (Wildman–Crippen LogP) is 4.87. The zero-order chi connectivity index (χ0) is 18.0. The SMILES string of the molecule is O=c1nc(/C=C/c2ccc(-c3ccc(Cl)cc3)o2)cc(C(F)(F)F)[nH]1. The molecule has 0 fully saturated rings. The number of H-pyrrole nitrogens is 1.